The lowest BCUT2D eigenvalue weighted by atomic mass is 9.94. The Morgan fingerprint density at radius 3 is 1.42 bits per heavy atom. The number of esters is 2. The molecular weight excluding hydrogens is 608 g/mol. The number of carbonyl (C=O) groups is 4. The van der Waals surface area contributed by atoms with Gasteiger partial charge in [-0.25, -0.2) is 9.59 Å². The van der Waals surface area contributed by atoms with Crippen molar-refractivity contribution in [3.8, 4) is 11.1 Å². The fourth-order valence-corrected chi connectivity index (χ4v) is 5.91. The number of hydrogen-bond acceptors (Lipinski definition) is 8. The van der Waals surface area contributed by atoms with Crippen LogP contribution < -0.4 is 10.6 Å². The third-order valence-corrected chi connectivity index (χ3v) is 8.82. The standard InChI is InChI=1S/C38H38N4O6/c1-5-47-37(45)29-19-39-33(17-27(29)23-13-14-23)35(43)41-31-11-7-9-25(21(31)3)26-10-8-12-32(22(26)4)42-36(44)34-18-28(24-15-16-24)30(20-40-34)38(46)48-6-2/h7-12,17-20,23-24H,5-6,13-16H2,1-4H3,(H,41,43)(H,42,44). The molecule has 0 aliphatic heterocycles. The van der Waals surface area contributed by atoms with Gasteiger partial charge < -0.3 is 20.1 Å². The van der Waals surface area contributed by atoms with Gasteiger partial charge in [-0.3, -0.25) is 19.6 Å². The van der Waals surface area contributed by atoms with Crippen molar-refractivity contribution >= 4 is 35.1 Å². The zero-order valence-electron chi connectivity index (χ0n) is 27.5. The molecule has 6 rings (SSSR count). The lowest BCUT2D eigenvalue weighted by molar-refractivity contribution is 0.0514. The van der Waals surface area contributed by atoms with E-state index >= 15 is 0 Å². The number of amides is 2. The second-order valence-electron chi connectivity index (χ2n) is 12.2. The summed E-state index contributed by atoms with van der Waals surface area (Å²) in [5, 5.41) is 5.99. The van der Waals surface area contributed by atoms with E-state index in [2.05, 4.69) is 20.6 Å². The first kappa shape index (κ1) is 32.6. The van der Waals surface area contributed by atoms with Gasteiger partial charge in [0.05, 0.1) is 24.3 Å². The Hall–Kier alpha value is -5.38. The highest BCUT2D eigenvalue weighted by molar-refractivity contribution is 6.06. The number of aromatic nitrogens is 2. The minimum atomic E-state index is -0.428. The fourth-order valence-electron chi connectivity index (χ4n) is 5.91. The van der Waals surface area contributed by atoms with Gasteiger partial charge in [-0.05, 0) is 123 Å². The largest absolute Gasteiger partial charge is 0.462 e. The molecule has 2 amide bonds. The molecule has 2 aromatic heterocycles. The van der Waals surface area contributed by atoms with Crippen LogP contribution in [0.1, 0.15) is 115 Å². The second-order valence-corrected chi connectivity index (χ2v) is 12.2. The number of carbonyl (C=O) groups excluding carboxylic acids is 4. The van der Waals surface area contributed by atoms with Crippen LogP contribution in [0.5, 0.6) is 0 Å². The van der Waals surface area contributed by atoms with Crippen LogP contribution in [0.4, 0.5) is 11.4 Å². The molecule has 2 N–H and O–H groups in total. The van der Waals surface area contributed by atoms with Crippen molar-refractivity contribution in [1.29, 1.82) is 0 Å². The number of nitrogens with zero attached hydrogens (tertiary/aromatic N) is 2. The van der Waals surface area contributed by atoms with E-state index < -0.39 is 11.9 Å². The number of rotatable bonds is 11. The highest BCUT2D eigenvalue weighted by Crippen LogP contribution is 2.43. The smallest absolute Gasteiger partial charge is 0.339 e. The van der Waals surface area contributed by atoms with Gasteiger partial charge in [-0.1, -0.05) is 24.3 Å². The Bertz CT molecular complexity index is 1790. The molecule has 10 nitrogen and oxygen atoms in total. The summed E-state index contributed by atoms with van der Waals surface area (Å²) >= 11 is 0. The van der Waals surface area contributed by atoms with E-state index in [1.165, 1.54) is 12.4 Å². The van der Waals surface area contributed by atoms with Gasteiger partial charge in [0, 0.05) is 23.8 Å². The number of benzene rings is 2. The monoisotopic (exact) mass is 646 g/mol. The van der Waals surface area contributed by atoms with E-state index in [1.807, 2.05) is 50.2 Å². The Morgan fingerprint density at radius 1 is 0.667 bits per heavy atom. The zero-order valence-corrected chi connectivity index (χ0v) is 27.5. The molecule has 2 fully saturated rings. The highest BCUT2D eigenvalue weighted by atomic mass is 16.5. The average molecular weight is 647 g/mol. The van der Waals surface area contributed by atoms with E-state index in [1.54, 1.807) is 26.0 Å². The van der Waals surface area contributed by atoms with Crippen molar-refractivity contribution in [3.05, 3.63) is 106 Å². The summed E-state index contributed by atoms with van der Waals surface area (Å²) in [6.45, 7) is 7.89. The summed E-state index contributed by atoms with van der Waals surface area (Å²) < 4.78 is 10.4. The summed E-state index contributed by atoms with van der Waals surface area (Å²) in [5.74, 6) is -1.17. The van der Waals surface area contributed by atoms with E-state index in [0.29, 0.717) is 22.5 Å². The van der Waals surface area contributed by atoms with Gasteiger partial charge in [0.1, 0.15) is 11.4 Å². The normalized spacial score (nSPS) is 13.8. The molecule has 0 atom stereocenters. The number of ether oxygens (including phenoxy) is 2. The van der Waals surface area contributed by atoms with Gasteiger partial charge in [-0.2, -0.15) is 0 Å². The predicted octanol–water partition coefficient (Wildman–Crippen LogP) is 7.37. The Labute approximate surface area is 279 Å². The average Bonchev–Trinajstić information content (AvgIpc) is 4.01. The molecule has 48 heavy (non-hydrogen) atoms. The second kappa shape index (κ2) is 13.8. The van der Waals surface area contributed by atoms with E-state index in [4.69, 9.17) is 9.47 Å². The summed E-state index contributed by atoms with van der Waals surface area (Å²) in [4.78, 5) is 60.3. The van der Waals surface area contributed by atoms with Crippen LogP contribution in [-0.2, 0) is 9.47 Å². The predicted molar refractivity (Wildman–Crippen MR) is 182 cm³/mol. The van der Waals surface area contributed by atoms with Gasteiger partial charge in [-0.15, -0.1) is 0 Å². The maximum absolute atomic E-state index is 13.4. The van der Waals surface area contributed by atoms with Crippen LogP contribution in [0.3, 0.4) is 0 Å². The summed E-state index contributed by atoms with van der Waals surface area (Å²) in [6, 6.07) is 14.7. The van der Waals surface area contributed by atoms with Crippen molar-refractivity contribution < 1.29 is 28.7 Å². The molecule has 2 aliphatic rings. The molecule has 2 saturated carbocycles. The Morgan fingerprint density at radius 2 is 1.06 bits per heavy atom. The molecular formula is C38H38N4O6. The summed E-state index contributed by atoms with van der Waals surface area (Å²) in [5.41, 5.74) is 7.55. The number of pyridine rings is 2. The molecule has 2 aromatic carbocycles. The van der Waals surface area contributed by atoms with Crippen LogP contribution in [0.25, 0.3) is 11.1 Å². The summed E-state index contributed by atoms with van der Waals surface area (Å²) in [6.07, 6.45) is 6.69. The number of hydrogen-bond donors (Lipinski definition) is 2. The van der Waals surface area contributed by atoms with Crippen molar-refractivity contribution in [2.24, 2.45) is 0 Å². The van der Waals surface area contributed by atoms with Crippen LogP contribution >= 0.6 is 0 Å². The van der Waals surface area contributed by atoms with Gasteiger partial charge >= 0.3 is 11.9 Å². The van der Waals surface area contributed by atoms with Crippen molar-refractivity contribution in [3.63, 3.8) is 0 Å². The minimum absolute atomic E-state index is 0.222. The van der Waals surface area contributed by atoms with E-state index in [9.17, 15) is 19.2 Å². The summed E-state index contributed by atoms with van der Waals surface area (Å²) in [7, 11) is 0. The first-order valence-electron chi connectivity index (χ1n) is 16.4. The first-order chi connectivity index (χ1) is 23.2. The number of nitrogens with one attached hydrogen (secondary N) is 2. The molecule has 246 valence electrons. The molecule has 0 spiro atoms. The highest BCUT2D eigenvalue weighted by Gasteiger charge is 2.31. The first-order valence-corrected chi connectivity index (χ1v) is 16.4. The molecule has 4 aromatic rings. The molecule has 2 heterocycles. The Balaban J connectivity index is 1.22. The third kappa shape index (κ3) is 6.83. The quantitative estimate of drug-likeness (QED) is 0.161. The topological polar surface area (TPSA) is 137 Å². The SMILES string of the molecule is CCOC(=O)c1cnc(C(=O)Nc2cccc(-c3cccc(NC(=O)c4cc(C5CC5)c(C(=O)OCC)cn4)c3C)c2C)cc1C1CC1. The van der Waals surface area contributed by atoms with E-state index in [-0.39, 0.29) is 48.3 Å². The maximum atomic E-state index is 13.4. The lowest BCUT2D eigenvalue weighted by Gasteiger charge is -2.17. The third-order valence-electron chi connectivity index (χ3n) is 8.82. The van der Waals surface area contributed by atoms with Gasteiger partial charge in [0.2, 0.25) is 0 Å². The minimum Gasteiger partial charge on any atom is -0.462 e. The number of anilines is 2. The molecule has 0 unspecified atom stereocenters. The van der Waals surface area contributed by atoms with E-state index in [0.717, 1.165) is 59.1 Å². The Kier molecular flexibility index (Phi) is 9.34. The van der Waals surface area contributed by atoms with Crippen molar-refractivity contribution in [1.82, 2.24) is 9.97 Å². The maximum Gasteiger partial charge on any atom is 0.339 e. The molecule has 0 bridgehead atoms. The molecule has 2 aliphatic carbocycles. The van der Waals surface area contributed by atoms with Crippen LogP contribution in [0.2, 0.25) is 0 Å². The van der Waals surface area contributed by atoms with Crippen molar-refractivity contribution in [2.45, 2.75) is 65.2 Å². The van der Waals surface area contributed by atoms with Gasteiger partial charge in [0.15, 0.2) is 0 Å². The molecule has 0 saturated heterocycles. The van der Waals surface area contributed by atoms with Gasteiger partial charge in [0.25, 0.3) is 11.8 Å². The van der Waals surface area contributed by atoms with Crippen LogP contribution in [-0.4, -0.2) is 46.9 Å². The van der Waals surface area contributed by atoms with Crippen LogP contribution in [0, 0.1) is 13.8 Å². The molecule has 10 heteroatoms. The zero-order chi connectivity index (χ0) is 33.9. The molecule has 0 radical (unpaired) electrons. The van der Waals surface area contributed by atoms with Crippen LogP contribution in [0.15, 0.2) is 60.9 Å². The van der Waals surface area contributed by atoms with Crippen molar-refractivity contribution in [2.75, 3.05) is 23.8 Å². The fraction of sp³-hybridized carbons (Fsp3) is 0.316. The lowest BCUT2D eigenvalue weighted by Crippen LogP contribution is -2.17.